The number of nitrogens with zero attached hydrogens (tertiary/aromatic N) is 1. The zero-order valence-electron chi connectivity index (χ0n) is 11.3. The van der Waals surface area contributed by atoms with E-state index < -0.39 is 11.9 Å². The third-order valence-electron chi connectivity index (χ3n) is 3.70. The molecule has 19 heavy (non-hydrogen) atoms. The molecule has 0 heterocycles. The maximum absolute atomic E-state index is 11.9. The minimum absolute atomic E-state index is 0.354. The summed E-state index contributed by atoms with van der Waals surface area (Å²) >= 11 is 0. The van der Waals surface area contributed by atoms with Crippen molar-refractivity contribution in [1.29, 1.82) is 0 Å². The van der Waals surface area contributed by atoms with Crippen molar-refractivity contribution < 1.29 is 14.7 Å². The Kier molecular flexibility index (Phi) is 3.88. The van der Waals surface area contributed by atoms with E-state index >= 15 is 0 Å². The van der Waals surface area contributed by atoms with E-state index in [-0.39, 0.29) is 5.91 Å². The molecule has 1 aromatic rings. The lowest BCUT2D eigenvalue weighted by atomic mass is 10.1. The highest BCUT2D eigenvalue weighted by Crippen LogP contribution is 2.23. The van der Waals surface area contributed by atoms with Gasteiger partial charge in [0.2, 0.25) is 5.91 Å². The standard InChI is InChI=1S/C15H19NO3/c1-10(15(18)19)14(17)16(2)9-11-6-7-12-4-3-5-13(12)8-11/h6-8,10H,3-5,9H2,1-2H3,(H,18,19). The second-order valence-electron chi connectivity index (χ2n) is 5.21. The summed E-state index contributed by atoms with van der Waals surface area (Å²) in [6, 6.07) is 6.29. The van der Waals surface area contributed by atoms with Crippen molar-refractivity contribution in [2.75, 3.05) is 7.05 Å². The van der Waals surface area contributed by atoms with Gasteiger partial charge in [-0.3, -0.25) is 9.59 Å². The number of fused-ring (bicyclic) bond motifs is 1. The highest BCUT2D eigenvalue weighted by Gasteiger charge is 2.24. The van der Waals surface area contributed by atoms with Crippen molar-refractivity contribution in [3.05, 3.63) is 34.9 Å². The van der Waals surface area contributed by atoms with Crippen molar-refractivity contribution >= 4 is 11.9 Å². The molecule has 0 saturated heterocycles. The van der Waals surface area contributed by atoms with Gasteiger partial charge in [-0.05, 0) is 42.9 Å². The van der Waals surface area contributed by atoms with Crippen LogP contribution in [0.2, 0.25) is 0 Å². The van der Waals surface area contributed by atoms with Crippen molar-refractivity contribution in [1.82, 2.24) is 4.90 Å². The number of carboxylic acid groups (broad SMARTS) is 1. The van der Waals surface area contributed by atoms with Crippen LogP contribution in [0.25, 0.3) is 0 Å². The van der Waals surface area contributed by atoms with Gasteiger partial charge < -0.3 is 10.0 Å². The molecule has 4 heteroatoms. The molecule has 0 aliphatic heterocycles. The molecule has 1 atom stereocenters. The molecular weight excluding hydrogens is 242 g/mol. The highest BCUT2D eigenvalue weighted by molar-refractivity contribution is 5.96. The summed E-state index contributed by atoms with van der Waals surface area (Å²) < 4.78 is 0. The second kappa shape index (κ2) is 5.43. The van der Waals surface area contributed by atoms with Gasteiger partial charge in [0.05, 0.1) is 0 Å². The molecule has 1 aromatic carbocycles. The Balaban J connectivity index is 2.05. The molecule has 102 valence electrons. The summed E-state index contributed by atoms with van der Waals surface area (Å²) in [5, 5.41) is 8.85. The Hall–Kier alpha value is -1.84. The van der Waals surface area contributed by atoms with Crippen molar-refractivity contribution in [2.24, 2.45) is 5.92 Å². The maximum Gasteiger partial charge on any atom is 0.315 e. The number of rotatable bonds is 4. The minimum atomic E-state index is -1.08. The number of carbonyl (C=O) groups is 2. The second-order valence-corrected chi connectivity index (χ2v) is 5.21. The van der Waals surface area contributed by atoms with Gasteiger partial charge in [0.15, 0.2) is 0 Å². The van der Waals surface area contributed by atoms with Gasteiger partial charge in [0.1, 0.15) is 5.92 Å². The fourth-order valence-corrected chi connectivity index (χ4v) is 2.51. The van der Waals surface area contributed by atoms with Crippen molar-refractivity contribution in [3.63, 3.8) is 0 Å². The van der Waals surface area contributed by atoms with Crippen LogP contribution in [0.15, 0.2) is 18.2 Å². The molecule has 0 radical (unpaired) electrons. The molecule has 4 nitrogen and oxygen atoms in total. The van der Waals surface area contributed by atoms with E-state index in [1.165, 1.54) is 29.4 Å². The first-order valence-corrected chi connectivity index (χ1v) is 6.57. The Morgan fingerprint density at radius 2 is 2.00 bits per heavy atom. The average molecular weight is 261 g/mol. The zero-order valence-corrected chi connectivity index (χ0v) is 11.3. The van der Waals surface area contributed by atoms with E-state index in [1.54, 1.807) is 7.05 Å². The van der Waals surface area contributed by atoms with Crippen LogP contribution in [0.3, 0.4) is 0 Å². The SMILES string of the molecule is CC(C(=O)O)C(=O)N(C)Cc1ccc2c(c1)CCC2. The van der Waals surface area contributed by atoms with Gasteiger partial charge in [-0.15, -0.1) is 0 Å². The van der Waals surface area contributed by atoms with Crippen LogP contribution in [0.1, 0.15) is 30.0 Å². The number of hydrogen-bond acceptors (Lipinski definition) is 2. The van der Waals surface area contributed by atoms with E-state index in [1.807, 2.05) is 6.07 Å². The number of carboxylic acids is 1. The Morgan fingerprint density at radius 3 is 2.68 bits per heavy atom. The summed E-state index contributed by atoms with van der Waals surface area (Å²) in [5.41, 5.74) is 3.83. The molecule has 1 N–H and O–H groups in total. The summed E-state index contributed by atoms with van der Waals surface area (Å²) in [7, 11) is 1.65. The van der Waals surface area contributed by atoms with E-state index in [9.17, 15) is 9.59 Å². The van der Waals surface area contributed by atoms with Crippen LogP contribution in [0.5, 0.6) is 0 Å². The van der Waals surface area contributed by atoms with Gasteiger partial charge in [-0.2, -0.15) is 0 Å². The molecule has 1 aliphatic rings. The molecule has 0 fully saturated rings. The first-order valence-electron chi connectivity index (χ1n) is 6.57. The number of amides is 1. The monoisotopic (exact) mass is 261 g/mol. The van der Waals surface area contributed by atoms with Crippen molar-refractivity contribution in [3.8, 4) is 0 Å². The van der Waals surface area contributed by atoms with Crippen LogP contribution in [-0.2, 0) is 29.0 Å². The van der Waals surface area contributed by atoms with E-state index in [0.29, 0.717) is 6.54 Å². The zero-order chi connectivity index (χ0) is 14.0. The number of hydrogen-bond donors (Lipinski definition) is 1. The Morgan fingerprint density at radius 1 is 1.32 bits per heavy atom. The lowest BCUT2D eigenvalue weighted by Gasteiger charge is -2.20. The fraction of sp³-hybridized carbons (Fsp3) is 0.467. The lowest BCUT2D eigenvalue weighted by Crippen LogP contribution is -2.34. The lowest BCUT2D eigenvalue weighted by molar-refractivity contribution is -0.149. The first kappa shape index (κ1) is 13.6. The smallest absolute Gasteiger partial charge is 0.315 e. The molecule has 0 saturated carbocycles. The molecule has 0 bridgehead atoms. The number of aryl methyl sites for hydroxylation is 2. The molecule has 0 aromatic heterocycles. The number of carbonyl (C=O) groups excluding carboxylic acids is 1. The van der Waals surface area contributed by atoms with E-state index in [0.717, 1.165) is 18.4 Å². The first-order chi connectivity index (χ1) is 8.99. The Labute approximate surface area is 113 Å². The van der Waals surface area contributed by atoms with E-state index in [2.05, 4.69) is 12.1 Å². The van der Waals surface area contributed by atoms with Crippen LogP contribution in [0, 0.1) is 5.92 Å². The summed E-state index contributed by atoms with van der Waals surface area (Å²) in [6.45, 7) is 1.88. The third kappa shape index (κ3) is 2.95. The van der Waals surface area contributed by atoms with Gasteiger partial charge in [-0.25, -0.2) is 0 Å². The average Bonchev–Trinajstić information content (AvgIpc) is 2.84. The number of benzene rings is 1. The topological polar surface area (TPSA) is 57.6 Å². The third-order valence-corrected chi connectivity index (χ3v) is 3.70. The van der Waals surface area contributed by atoms with Crippen LogP contribution in [-0.4, -0.2) is 28.9 Å². The maximum atomic E-state index is 11.9. The number of aliphatic carboxylic acids is 1. The van der Waals surface area contributed by atoms with Gasteiger partial charge in [-0.1, -0.05) is 18.2 Å². The van der Waals surface area contributed by atoms with Crippen LogP contribution in [0.4, 0.5) is 0 Å². The molecule has 0 spiro atoms. The predicted molar refractivity (Wildman–Crippen MR) is 71.7 cm³/mol. The summed E-state index contributed by atoms with van der Waals surface area (Å²) in [4.78, 5) is 24.2. The molecular formula is C15H19NO3. The summed E-state index contributed by atoms with van der Waals surface area (Å²) in [5.74, 6) is -2.42. The van der Waals surface area contributed by atoms with E-state index in [4.69, 9.17) is 5.11 Å². The minimum Gasteiger partial charge on any atom is -0.481 e. The van der Waals surface area contributed by atoms with Gasteiger partial charge >= 0.3 is 5.97 Å². The fourth-order valence-electron chi connectivity index (χ4n) is 2.51. The predicted octanol–water partition coefficient (Wildman–Crippen LogP) is 1.85. The van der Waals surface area contributed by atoms with Crippen molar-refractivity contribution in [2.45, 2.75) is 32.7 Å². The molecule has 2 rings (SSSR count). The van der Waals surface area contributed by atoms with Gasteiger partial charge in [0.25, 0.3) is 0 Å². The van der Waals surface area contributed by atoms with Gasteiger partial charge in [0, 0.05) is 13.6 Å². The normalized spacial score (nSPS) is 14.8. The van der Waals surface area contributed by atoms with Crippen LogP contribution < -0.4 is 0 Å². The Bertz CT molecular complexity index is 510. The summed E-state index contributed by atoms with van der Waals surface area (Å²) in [6.07, 6.45) is 3.44. The highest BCUT2D eigenvalue weighted by atomic mass is 16.4. The van der Waals surface area contributed by atoms with Crippen LogP contribution >= 0.6 is 0 Å². The molecule has 1 amide bonds. The quantitative estimate of drug-likeness (QED) is 0.842. The largest absolute Gasteiger partial charge is 0.481 e. The molecule has 1 unspecified atom stereocenters. The molecule has 1 aliphatic carbocycles.